The Morgan fingerprint density at radius 2 is 1.88 bits per heavy atom. The third kappa shape index (κ3) is 3.59. The highest BCUT2D eigenvalue weighted by Gasteiger charge is 2.35. The number of para-hydroxylation sites is 1. The normalized spacial score (nSPS) is 23.9. The largest absolute Gasteiger partial charge is 0.324 e. The molecule has 3 heterocycles. The molecule has 6 nitrogen and oxygen atoms in total. The maximum atomic E-state index is 12.7. The lowest BCUT2D eigenvalue weighted by Crippen LogP contribution is -2.44. The number of anilines is 1. The van der Waals surface area contributed by atoms with Crippen molar-refractivity contribution in [1.29, 1.82) is 0 Å². The highest BCUT2D eigenvalue weighted by atomic mass is 32.2. The number of hydrogen-bond donors (Lipinski definition) is 1. The van der Waals surface area contributed by atoms with E-state index in [0.717, 1.165) is 48.9 Å². The minimum Gasteiger partial charge on any atom is -0.324 e. The Morgan fingerprint density at radius 3 is 2.62 bits per heavy atom. The molecule has 0 unspecified atom stereocenters. The van der Waals surface area contributed by atoms with Crippen molar-refractivity contribution in [2.75, 3.05) is 29.9 Å². The molecule has 0 bridgehead atoms. The lowest BCUT2D eigenvalue weighted by Gasteiger charge is -2.34. The second kappa shape index (κ2) is 6.96. The van der Waals surface area contributed by atoms with Crippen LogP contribution in [0.5, 0.6) is 0 Å². The first-order chi connectivity index (χ1) is 12.5. The summed E-state index contributed by atoms with van der Waals surface area (Å²) in [5.74, 6) is 0.558. The Labute approximate surface area is 153 Å². The third-order valence-electron chi connectivity index (χ3n) is 5.52. The second-order valence-corrected chi connectivity index (χ2v) is 9.47. The van der Waals surface area contributed by atoms with Gasteiger partial charge in [0.15, 0.2) is 9.84 Å². The summed E-state index contributed by atoms with van der Waals surface area (Å²) in [4.78, 5) is 19.3. The molecular formula is C19H23N3O3S. The van der Waals surface area contributed by atoms with E-state index in [1.54, 1.807) is 6.20 Å². The molecule has 0 aliphatic carbocycles. The van der Waals surface area contributed by atoms with E-state index in [0.29, 0.717) is 5.75 Å². The van der Waals surface area contributed by atoms with Gasteiger partial charge in [-0.05, 0) is 44.5 Å². The van der Waals surface area contributed by atoms with Crippen LogP contribution in [-0.2, 0) is 14.6 Å². The first-order valence-electron chi connectivity index (χ1n) is 9.11. The van der Waals surface area contributed by atoms with E-state index in [9.17, 15) is 13.2 Å². The zero-order valence-electron chi connectivity index (χ0n) is 14.6. The Balaban J connectivity index is 1.38. The molecule has 0 saturated carbocycles. The van der Waals surface area contributed by atoms with Gasteiger partial charge in [-0.15, -0.1) is 0 Å². The molecular weight excluding hydrogens is 350 g/mol. The number of rotatable bonds is 3. The van der Waals surface area contributed by atoms with E-state index in [2.05, 4.69) is 15.2 Å². The second-order valence-electron chi connectivity index (χ2n) is 7.24. The smallest absolute Gasteiger partial charge is 0.227 e. The first-order valence-corrected chi connectivity index (χ1v) is 10.9. The Bertz CT molecular complexity index is 915. The number of pyridine rings is 1. The van der Waals surface area contributed by atoms with Gasteiger partial charge in [0.05, 0.1) is 22.7 Å². The van der Waals surface area contributed by atoms with Crippen molar-refractivity contribution in [3.63, 3.8) is 0 Å². The molecule has 4 rings (SSSR count). The minimum atomic E-state index is -2.86. The molecule has 138 valence electrons. The van der Waals surface area contributed by atoms with Crippen LogP contribution in [0.15, 0.2) is 36.5 Å². The summed E-state index contributed by atoms with van der Waals surface area (Å²) in [6.45, 7) is 1.57. The summed E-state index contributed by atoms with van der Waals surface area (Å²) < 4.78 is 23.3. The van der Waals surface area contributed by atoms with E-state index in [4.69, 9.17) is 0 Å². The first kappa shape index (κ1) is 17.4. The Morgan fingerprint density at radius 1 is 1.12 bits per heavy atom. The molecule has 7 heteroatoms. The Kier molecular flexibility index (Phi) is 4.67. The van der Waals surface area contributed by atoms with Crippen LogP contribution in [0, 0.1) is 5.92 Å². The van der Waals surface area contributed by atoms with Gasteiger partial charge in [-0.3, -0.25) is 14.7 Å². The van der Waals surface area contributed by atoms with Crippen molar-refractivity contribution < 1.29 is 13.2 Å². The molecule has 2 aromatic rings. The van der Waals surface area contributed by atoms with Crippen molar-refractivity contribution in [3.8, 4) is 0 Å². The van der Waals surface area contributed by atoms with E-state index >= 15 is 0 Å². The number of hydrogen-bond acceptors (Lipinski definition) is 5. The topological polar surface area (TPSA) is 79.4 Å². The number of carbonyl (C=O) groups excluding carboxylic acids is 1. The Hall–Kier alpha value is -1.99. The van der Waals surface area contributed by atoms with Crippen LogP contribution in [0.2, 0.25) is 0 Å². The quantitative estimate of drug-likeness (QED) is 0.891. The zero-order chi connectivity index (χ0) is 18.1. The fourth-order valence-electron chi connectivity index (χ4n) is 4.03. The number of fused-ring (bicyclic) bond motifs is 1. The summed E-state index contributed by atoms with van der Waals surface area (Å²) in [6.07, 6.45) is 3.98. The summed E-state index contributed by atoms with van der Waals surface area (Å²) in [7, 11) is -2.86. The SMILES string of the molecule is O=C(Nc1cccc2cccnc12)C1CCN([C@H]2CCS(=O)(=O)C2)CC1. The monoisotopic (exact) mass is 373 g/mol. The number of amides is 1. The van der Waals surface area contributed by atoms with Gasteiger partial charge in [-0.2, -0.15) is 0 Å². The predicted octanol–water partition coefficient (Wildman–Crippen LogP) is 2.07. The minimum absolute atomic E-state index is 0.0295. The highest BCUT2D eigenvalue weighted by molar-refractivity contribution is 7.91. The maximum Gasteiger partial charge on any atom is 0.227 e. The number of piperidine rings is 1. The number of sulfone groups is 1. The third-order valence-corrected chi connectivity index (χ3v) is 7.27. The number of aromatic nitrogens is 1. The van der Waals surface area contributed by atoms with Gasteiger partial charge in [0.2, 0.25) is 5.91 Å². The molecule has 0 radical (unpaired) electrons. The van der Waals surface area contributed by atoms with Crippen molar-refractivity contribution in [1.82, 2.24) is 9.88 Å². The van der Waals surface area contributed by atoms with Gasteiger partial charge in [0.25, 0.3) is 0 Å². The van der Waals surface area contributed by atoms with Crippen LogP contribution in [0.25, 0.3) is 10.9 Å². The van der Waals surface area contributed by atoms with Crippen molar-refractivity contribution >= 4 is 32.3 Å². The average Bonchev–Trinajstić information content (AvgIpc) is 3.02. The number of likely N-dealkylation sites (tertiary alicyclic amines) is 1. The molecule has 0 spiro atoms. The summed E-state index contributed by atoms with van der Waals surface area (Å²) >= 11 is 0. The molecule has 1 N–H and O–H groups in total. The highest BCUT2D eigenvalue weighted by Crippen LogP contribution is 2.26. The molecule has 2 fully saturated rings. The van der Waals surface area contributed by atoms with Gasteiger partial charge < -0.3 is 5.32 Å². The lowest BCUT2D eigenvalue weighted by atomic mass is 9.94. The van der Waals surface area contributed by atoms with Crippen LogP contribution in [0.4, 0.5) is 5.69 Å². The van der Waals surface area contributed by atoms with Gasteiger partial charge in [-0.1, -0.05) is 18.2 Å². The molecule has 2 saturated heterocycles. The standard InChI is InChI=1S/C19H23N3O3S/c23-19(21-17-5-1-3-14-4-2-9-20-18(14)17)15-6-10-22(11-7-15)16-8-12-26(24,25)13-16/h1-5,9,15-16H,6-8,10-13H2,(H,21,23)/t16-/m0/s1. The molecule has 2 aliphatic heterocycles. The van der Waals surface area contributed by atoms with E-state index < -0.39 is 9.84 Å². The van der Waals surface area contributed by atoms with Crippen molar-refractivity contribution in [3.05, 3.63) is 36.5 Å². The zero-order valence-corrected chi connectivity index (χ0v) is 15.4. The van der Waals surface area contributed by atoms with Crippen LogP contribution in [0.1, 0.15) is 19.3 Å². The summed E-state index contributed by atoms with van der Waals surface area (Å²) in [5.41, 5.74) is 1.55. The van der Waals surface area contributed by atoms with E-state index in [-0.39, 0.29) is 23.6 Å². The van der Waals surface area contributed by atoms with Crippen LogP contribution in [0.3, 0.4) is 0 Å². The van der Waals surface area contributed by atoms with Crippen molar-refractivity contribution in [2.24, 2.45) is 5.92 Å². The lowest BCUT2D eigenvalue weighted by molar-refractivity contribution is -0.121. The average molecular weight is 373 g/mol. The number of benzene rings is 1. The van der Waals surface area contributed by atoms with Gasteiger partial charge >= 0.3 is 0 Å². The molecule has 26 heavy (non-hydrogen) atoms. The molecule has 1 amide bonds. The number of carbonyl (C=O) groups is 1. The van der Waals surface area contributed by atoms with E-state index in [1.807, 2.05) is 30.3 Å². The summed E-state index contributed by atoms with van der Waals surface area (Å²) in [5, 5.41) is 4.04. The fourth-order valence-corrected chi connectivity index (χ4v) is 5.79. The van der Waals surface area contributed by atoms with Crippen LogP contribution >= 0.6 is 0 Å². The molecule has 2 aliphatic rings. The molecule has 1 aromatic carbocycles. The van der Waals surface area contributed by atoms with E-state index in [1.165, 1.54) is 0 Å². The van der Waals surface area contributed by atoms with Gasteiger partial charge in [0.1, 0.15) is 0 Å². The maximum absolute atomic E-state index is 12.7. The predicted molar refractivity (Wildman–Crippen MR) is 102 cm³/mol. The van der Waals surface area contributed by atoms with Gasteiger partial charge in [-0.25, -0.2) is 8.42 Å². The number of nitrogens with zero attached hydrogens (tertiary/aromatic N) is 2. The number of nitrogens with one attached hydrogen (secondary N) is 1. The summed E-state index contributed by atoms with van der Waals surface area (Å²) in [6, 6.07) is 9.77. The van der Waals surface area contributed by atoms with Gasteiger partial charge in [0, 0.05) is 23.5 Å². The molecule has 1 aromatic heterocycles. The van der Waals surface area contributed by atoms with Crippen LogP contribution < -0.4 is 5.32 Å². The van der Waals surface area contributed by atoms with Crippen LogP contribution in [-0.4, -0.2) is 54.8 Å². The van der Waals surface area contributed by atoms with Crippen molar-refractivity contribution in [2.45, 2.75) is 25.3 Å². The molecule has 1 atom stereocenters. The fraction of sp³-hybridized carbons (Fsp3) is 0.474.